The van der Waals surface area contributed by atoms with Gasteiger partial charge in [-0.25, -0.2) is 31.0 Å². The molecule has 5 rings (SSSR count). The van der Waals surface area contributed by atoms with Crippen molar-refractivity contribution in [3.8, 4) is 28.6 Å². The number of halogens is 1. The minimum absolute atomic E-state index is 0.00233. The van der Waals surface area contributed by atoms with Crippen LogP contribution in [0.15, 0.2) is 94.7 Å². The average molecular weight is 948 g/mol. The SMILES string of the molecule is COc1ccc(CN(Cc2ccc(OC)cc2)S(=O)(=O)c2c(S(=O)(=O)N[C@@H](C)CN(C(=O)O)C(C)(C)C)ccc(I)c2-c2nnnn2Cc2ccc(OC)cc2)cc1. The molecule has 0 aliphatic rings. The van der Waals surface area contributed by atoms with Crippen molar-refractivity contribution in [3.63, 3.8) is 0 Å². The van der Waals surface area contributed by atoms with Crippen LogP contribution >= 0.6 is 22.6 Å². The zero-order valence-corrected chi connectivity index (χ0v) is 36.9. The summed E-state index contributed by atoms with van der Waals surface area (Å²) in [5.41, 5.74) is 1.06. The van der Waals surface area contributed by atoms with Crippen molar-refractivity contribution in [2.45, 2.75) is 68.7 Å². The number of benzene rings is 4. The van der Waals surface area contributed by atoms with E-state index in [0.29, 0.717) is 31.9 Å². The predicted octanol–water partition coefficient (Wildman–Crippen LogP) is 5.86. The molecule has 0 fully saturated rings. The van der Waals surface area contributed by atoms with E-state index in [1.165, 1.54) is 42.3 Å². The van der Waals surface area contributed by atoms with E-state index < -0.39 is 47.5 Å². The van der Waals surface area contributed by atoms with Crippen LogP contribution in [0.25, 0.3) is 11.4 Å². The molecule has 5 aromatic rings. The van der Waals surface area contributed by atoms with Gasteiger partial charge < -0.3 is 24.2 Å². The summed E-state index contributed by atoms with van der Waals surface area (Å²) < 4.78 is 81.7. The van der Waals surface area contributed by atoms with E-state index in [4.69, 9.17) is 14.2 Å². The highest BCUT2D eigenvalue weighted by Gasteiger charge is 2.38. The monoisotopic (exact) mass is 947 g/mol. The highest BCUT2D eigenvalue weighted by Crippen LogP contribution is 2.39. The Morgan fingerprint density at radius 1 is 0.810 bits per heavy atom. The number of aromatic nitrogens is 4. The third-order valence-corrected chi connectivity index (χ3v) is 13.6. The summed E-state index contributed by atoms with van der Waals surface area (Å²) in [6.07, 6.45) is -1.24. The van der Waals surface area contributed by atoms with Crippen molar-refractivity contribution in [3.05, 3.63) is 105 Å². The topological polar surface area (TPSA) is 195 Å². The third-order valence-electron chi connectivity index (χ3n) is 9.09. The minimum atomic E-state index is -4.80. The van der Waals surface area contributed by atoms with Crippen LogP contribution in [0.2, 0.25) is 0 Å². The van der Waals surface area contributed by atoms with Gasteiger partial charge >= 0.3 is 6.09 Å². The Morgan fingerprint density at radius 3 is 1.74 bits per heavy atom. The molecule has 0 aliphatic heterocycles. The lowest BCUT2D eigenvalue weighted by atomic mass is 10.1. The molecule has 310 valence electrons. The molecule has 0 unspecified atom stereocenters. The molecule has 0 radical (unpaired) electrons. The quantitative estimate of drug-likeness (QED) is 0.106. The van der Waals surface area contributed by atoms with Crippen LogP contribution in [-0.4, -0.2) is 96.9 Å². The fraction of sp³-hybridized carbons (Fsp3) is 0.333. The van der Waals surface area contributed by atoms with E-state index in [-0.39, 0.29) is 37.6 Å². The minimum Gasteiger partial charge on any atom is -0.497 e. The highest BCUT2D eigenvalue weighted by atomic mass is 127. The molecule has 4 aromatic carbocycles. The van der Waals surface area contributed by atoms with Gasteiger partial charge in [0, 0.05) is 34.8 Å². The first kappa shape index (κ1) is 44.3. The van der Waals surface area contributed by atoms with Crippen LogP contribution in [0.3, 0.4) is 0 Å². The standard InChI is InChI=1S/C39H46IN7O9S2/c1-26(22-46(38(48)49)39(2,3)4)42-57(50,51)34-21-20-33(40)35(37-41-43-44-47(37)25-29-12-18-32(56-7)19-13-29)36(34)58(52,53)45(23-27-8-14-30(54-5)15-9-27)24-28-10-16-31(55-6)17-11-28/h8-21,26,42H,22-25H2,1-7H3,(H,48,49)/t26-/m0/s1. The summed E-state index contributed by atoms with van der Waals surface area (Å²) in [7, 11) is -4.90. The van der Waals surface area contributed by atoms with E-state index in [0.717, 1.165) is 10.5 Å². The molecule has 0 bridgehead atoms. The number of sulfonamides is 2. The highest BCUT2D eigenvalue weighted by molar-refractivity contribution is 14.1. The number of tetrazole rings is 1. The Balaban J connectivity index is 1.72. The van der Waals surface area contributed by atoms with Gasteiger partial charge in [0.15, 0.2) is 5.82 Å². The van der Waals surface area contributed by atoms with Crippen molar-refractivity contribution < 1.29 is 40.9 Å². The smallest absolute Gasteiger partial charge is 0.407 e. The van der Waals surface area contributed by atoms with Crippen molar-refractivity contribution in [1.29, 1.82) is 0 Å². The average Bonchev–Trinajstić information content (AvgIpc) is 3.63. The maximum atomic E-state index is 15.6. The van der Waals surface area contributed by atoms with Crippen molar-refractivity contribution in [2.24, 2.45) is 0 Å². The second-order valence-corrected chi connectivity index (χ2v) is 19.0. The number of amides is 1. The van der Waals surface area contributed by atoms with Crippen LogP contribution in [-0.2, 0) is 39.7 Å². The number of nitrogens with one attached hydrogen (secondary N) is 1. The summed E-state index contributed by atoms with van der Waals surface area (Å²) in [4.78, 5) is 12.2. The molecule has 16 nitrogen and oxygen atoms in total. The molecular weight excluding hydrogens is 902 g/mol. The molecular formula is C39H46IN7O9S2. The molecule has 19 heteroatoms. The third kappa shape index (κ3) is 10.4. The number of ether oxygens (including phenoxy) is 3. The lowest BCUT2D eigenvalue weighted by Gasteiger charge is -2.35. The zero-order chi connectivity index (χ0) is 42.4. The summed E-state index contributed by atoms with van der Waals surface area (Å²) >= 11 is 1.95. The number of carbonyl (C=O) groups is 1. The second kappa shape index (κ2) is 18.4. The Morgan fingerprint density at radius 2 is 1.29 bits per heavy atom. The molecule has 0 spiro atoms. The maximum absolute atomic E-state index is 15.6. The molecule has 1 heterocycles. The van der Waals surface area contributed by atoms with Crippen LogP contribution in [0, 0.1) is 3.57 Å². The number of hydrogen-bond donors (Lipinski definition) is 2. The van der Waals surface area contributed by atoms with E-state index in [1.807, 2.05) is 34.7 Å². The first-order chi connectivity index (χ1) is 27.4. The number of methoxy groups -OCH3 is 3. The van der Waals surface area contributed by atoms with Gasteiger partial charge in [0.2, 0.25) is 20.0 Å². The summed E-state index contributed by atoms with van der Waals surface area (Å²) in [5.74, 6) is 1.77. The predicted molar refractivity (Wildman–Crippen MR) is 225 cm³/mol. The molecule has 2 N–H and O–H groups in total. The molecule has 1 aromatic heterocycles. The maximum Gasteiger partial charge on any atom is 0.407 e. The summed E-state index contributed by atoms with van der Waals surface area (Å²) in [6.45, 7) is 6.13. The number of hydrogen-bond acceptors (Lipinski definition) is 11. The van der Waals surface area contributed by atoms with Gasteiger partial charge in [0.1, 0.15) is 27.0 Å². The second-order valence-electron chi connectivity index (χ2n) is 14.3. The van der Waals surface area contributed by atoms with Crippen LogP contribution in [0.5, 0.6) is 17.2 Å². The van der Waals surface area contributed by atoms with Gasteiger partial charge in [-0.15, -0.1) is 5.10 Å². The zero-order valence-electron chi connectivity index (χ0n) is 33.1. The van der Waals surface area contributed by atoms with Crippen molar-refractivity contribution in [2.75, 3.05) is 27.9 Å². The van der Waals surface area contributed by atoms with E-state index in [9.17, 15) is 18.3 Å². The number of nitrogens with zero attached hydrogens (tertiary/aromatic N) is 6. The van der Waals surface area contributed by atoms with Gasteiger partial charge in [0.25, 0.3) is 0 Å². The molecule has 0 saturated carbocycles. The lowest BCUT2D eigenvalue weighted by molar-refractivity contribution is 0.0960. The van der Waals surface area contributed by atoms with E-state index in [2.05, 4.69) is 20.2 Å². The van der Waals surface area contributed by atoms with Crippen LogP contribution in [0.4, 0.5) is 4.79 Å². The Labute approximate surface area is 352 Å². The number of carboxylic acid groups (broad SMARTS) is 1. The van der Waals surface area contributed by atoms with Gasteiger partial charge in [-0.3, -0.25) is 0 Å². The number of rotatable bonds is 17. The first-order valence-corrected chi connectivity index (χ1v) is 21.9. The fourth-order valence-electron chi connectivity index (χ4n) is 6.11. The van der Waals surface area contributed by atoms with Gasteiger partial charge in [-0.05, 0) is 126 Å². The Hall–Kier alpha value is -4.83. The van der Waals surface area contributed by atoms with Crippen molar-refractivity contribution in [1.82, 2.24) is 34.1 Å². The Bertz CT molecular complexity index is 2370. The first-order valence-electron chi connectivity index (χ1n) is 17.9. The van der Waals surface area contributed by atoms with E-state index >= 15 is 8.42 Å². The van der Waals surface area contributed by atoms with E-state index in [1.54, 1.807) is 88.5 Å². The molecule has 0 aliphatic carbocycles. The summed E-state index contributed by atoms with van der Waals surface area (Å²) in [6, 6.07) is 22.6. The van der Waals surface area contributed by atoms with Gasteiger partial charge in [-0.1, -0.05) is 36.4 Å². The molecule has 1 amide bonds. The lowest BCUT2D eigenvalue weighted by Crippen LogP contribution is -2.51. The van der Waals surface area contributed by atoms with Crippen molar-refractivity contribution >= 4 is 48.7 Å². The van der Waals surface area contributed by atoms with Crippen LogP contribution < -0.4 is 18.9 Å². The van der Waals surface area contributed by atoms with Crippen LogP contribution in [0.1, 0.15) is 44.4 Å². The van der Waals surface area contributed by atoms with Gasteiger partial charge in [-0.2, -0.15) is 4.31 Å². The summed E-state index contributed by atoms with van der Waals surface area (Å²) in [5, 5.41) is 22.3. The molecule has 58 heavy (non-hydrogen) atoms. The Kier molecular flexibility index (Phi) is 14.0. The normalized spacial score (nSPS) is 12.6. The van der Waals surface area contributed by atoms with Gasteiger partial charge in [0.05, 0.1) is 33.4 Å². The fourth-order valence-corrected chi connectivity index (χ4v) is 10.6. The molecule has 0 saturated heterocycles. The largest absolute Gasteiger partial charge is 0.497 e. The molecule has 1 atom stereocenters.